The summed E-state index contributed by atoms with van der Waals surface area (Å²) in [4.78, 5) is 15.8. The van der Waals surface area contributed by atoms with E-state index in [0.717, 1.165) is 100 Å². The van der Waals surface area contributed by atoms with Crippen LogP contribution < -0.4 is 4.90 Å². The minimum Gasteiger partial charge on any atom is -0.378 e. The van der Waals surface area contributed by atoms with Gasteiger partial charge in [0.1, 0.15) is 5.78 Å². The maximum absolute atomic E-state index is 13.5. The third-order valence-electron chi connectivity index (χ3n) is 8.36. The van der Waals surface area contributed by atoms with E-state index < -0.39 is 0 Å². The number of ether oxygens (including phenoxy) is 2. The largest absolute Gasteiger partial charge is 0.378 e. The lowest BCUT2D eigenvalue weighted by Crippen LogP contribution is -2.50. The zero-order chi connectivity index (χ0) is 20.8. The molecule has 0 radical (unpaired) electrons. The fraction of sp³-hybridized carbons (Fsp3) is 0.870. The van der Waals surface area contributed by atoms with Crippen LogP contribution in [0.5, 0.6) is 0 Å². The number of nitrogens with zero attached hydrogens (tertiary/aromatic N) is 4. The van der Waals surface area contributed by atoms with Crippen LogP contribution in [0.3, 0.4) is 0 Å². The molecule has 0 N–H and O–H groups in total. The molecule has 3 heterocycles. The minimum atomic E-state index is -0.0335. The van der Waals surface area contributed by atoms with Crippen molar-refractivity contribution in [1.29, 1.82) is 0 Å². The summed E-state index contributed by atoms with van der Waals surface area (Å²) in [6, 6.07) is 0. The van der Waals surface area contributed by atoms with Gasteiger partial charge in [-0.2, -0.15) is 0 Å². The molecule has 170 valence electrons. The van der Waals surface area contributed by atoms with Crippen molar-refractivity contribution in [2.45, 2.75) is 69.2 Å². The van der Waals surface area contributed by atoms with Crippen LogP contribution in [0, 0.1) is 23.2 Å². The number of carbonyl (C=O) groups is 1. The van der Waals surface area contributed by atoms with E-state index in [1.807, 2.05) is 0 Å². The Bertz CT molecular complexity index is 780. The Kier molecular flexibility index (Phi) is 5.51. The first-order chi connectivity index (χ1) is 15.2. The van der Waals surface area contributed by atoms with Crippen molar-refractivity contribution in [3.63, 3.8) is 0 Å². The van der Waals surface area contributed by atoms with Crippen molar-refractivity contribution in [2.24, 2.45) is 23.2 Å². The van der Waals surface area contributed by atoms with Gasteiger partial charge >= 0.3 is 0 Å². The van der Waals surface area contributed by atoms with Crippen LogP contribution in [0.25, 0.3) is 0 Å². The molecule has 7 nitrogen and oxygen atoms in total. The first kappa shape index (κ1) is 20.5. The monoisotopic (exact) mass is 446 g/mol. The lowest BCUT2D eigenvalue weighted by atomic mass is 9.48. The topological polar surface area (TPSA) is 69.5 Å². The van der Waals surface area contributed by atoms with Crippen LogP contribution in [0.1, 0.15) is 51.4 Å². The average molecular weight is 447 g/mol. The molecule has 1 atom stereocenters. The zero-order valence-electron chi connectivity index (χ0n) is 18.3. The summed E-state index contributed by atoms with van der Waals surface area (Å²) in [6.07, 6.45) is 9.95. The third-order valence-corrected chi connectivity index (χ3v) is 9.33. The van der Waals surface area contributed by atoms with Crippen LogP contribution in [0.4, 0.5) is 5.95 Å². The van der Waals surface area contributed by atoms with E-state index in [1.165, 1.54) is 19.3 Å². The summed E-state index contributed by atoms with van der Waals surface area (Å²) < 4.78 is 13.6. The molecule has 4 bridgehead atoms. The molecule has 4 aliphatic carbocycles. The predicted octanol–water partition coefficient (Wildman–Crippen LogP) is 3.17. The fourth-order valence-electron chi connectivity index (χ4n) is 7.27. The second kappa shape index (κ2) is 8.34. The molecule has 0 unspecified atom stereocenters. The van der Waals surface area contributed by atoms with Gasteiger partial charge in [0.2, 0.25) is 5.95 Å². The van der Waals surface area contributed by atoms with Gasteiger partial charge in [-0.15, -0.1) is 10.2 Å². The number of hydrogen-bond donors (Lipinski definition) is 0. The summed E-state index contributed by atoms with van der Waals surface area (Å²) in [5.74, 6) is 4.31. The number of hydrogen-bond acceptors (Lipinski definition) is 7. The maximum atomic E-state index is 13.5. The third kappa shape index (κ3) is 3.93. The lowest BCUT2D eigenvalue weighted by molar-refractivity contribution is -0.141. The van der Waals surface area contributed by atoms with Crippen molar-refractivity contribution in [1.82, 2.24) is 14.8 Å². The van der Waals surface area contributed by atoms with E-state index in [1.54, 1.807) is 11.8 Å². The number of thioether (sulfide) groups is 1. The smallest absolute Gasteiger partial charge is 0.228 e. The highest BCUT2D eigenvalue weighted by Gasteiger charge is 2.54. The zero-order valence-corrected chi connectivity index (χ0v) is 19.2. The summed E-state index contributed by atoms with van der Waals surface area (Å²) in [7, 11) is 0. The molecule has 2 aliphatic heterocycles. The highest BCUT2D eigenvalue weighted by molar-refractivity contribution is 7.99. The van der Waals surface area contributed by atoms with Gasteiger partial charge in [0.25, 0.3) is 0 Å². The number of morpholine rings is 1. The van der Waals surface area contributed by atoms with E-state index in [4.69, 9.17) is 9.47 Å². The standard InChI is InChI=1S/C23H34N4O3S/c28-20(23-11-16-8-17(12-23)10-18(9-16)13-23)15-31-22-25-24-21(26-3-6-29-7-4-26)27(22)14-19-2-1-5-30-19/h16-19H,1-15H2/t16?,17?,18?,19-,23?/m0/s1. The van der Waals surface area contributed by atoms with Crippen LogP contribution >= 0.6 is 11.8 Å². The number of Topliss-reactive ketones (excluding diaryl/α,β-unsaturated/α-hetero) is 1. The van der Waals surface area contributed by atoms with Gasteiger partial charge < -0.3 is 14.4 Å². The highest BCUT2D eigenvalue weighted by atomic mass is 32.2. The Morgan fingerprint density at radius 1 is 1.03 bits per heavy atom. The second-order valence-corrected chi connectivity index (χ2v) is 11.5. The molecular formula is C23H34N4O3S. The number of anilines is 1. The maximum Gasteiger partial charge on any atom is 0.228 e. The molecule has 8 heteroatoms. The van der Waals surface area contributed by atoms with E-state index >= 15 is 0 Å². The molecule has 6 aliphatic rings. The van der Waals surface area contributed by atoms with Crippen molar-refractivity contribution >= 4 is 23.5 Å². The van der Waals surface area contributed by atoms with Crippen molar-refractivity contribution in [2.75, 3.05) is 43.6 Å². The Hall–Kier alpha value is -1.12. The Morgan fingerprint density at radius 2 is 1.74 bits per heavy atom. The van der Waals surface area contributed by atoms with Gasteiger partial charge in [-0.25, -0.2) is 0 Å². The number of rotatable bonds is 7. The molecule has 1 aromatic rings. The van der Waals surface area contributed by atoms with Gasteiger partial charge in [0.05, 0.1) is 31.6 Å². The van der Waals surface area contributed by atoms with Gasteiger partial charge in [0, 0.05) is 25.1 Å². The summed E-state index contributed by atoms with van der Waals surface area (Å²) >= 11 is 1.60. The first-order valence-electron chi connectivity index (χ1n) is 12.2. The second-order valence-electron chi connectivity index (χ2n) is 10.5. The first-order valence-corrected chi connectivity index (χ1v) is 13.2. The van der Waals surface area contributed by atoms with Crippen molar-refractivity contribution < 1.29 is 14.3 Å². The Morgan fingerprint density at radius 3 is 2.39 bits per heavy atom. The molecule has 0 spiro atoms. The molecular weight excluding hydrogens is 412 g/mol. The summed E-state index contributed by atoms with van der Waals surface area (Å²) in [5.41, 5.74) is -0.0335. The predicted molar refractivity (Wildman–Crippen MR) is 118 cm³/mol. The SMILES string of the molecule is O=C(CSc1nnc(N2CCOCC2)n1C[C@@H]1CCCO1)C12CC3CC(CC(C3)C1)C2. The number of aromatic nitrogens is 3. The molecule has 7 rings (SSSR count). The summed E-state index contributed by atoms with van der Waals surface area (Å²) in [5, 5.41) is 9.96. The van der Waals surface area contributed by atoms with E-state index in [2.05, 4.69) is 19.7 Å². The molecule has 4 saturated carbocycles. The summed E-state index contributed by atoms with van der Waals surface area (Å²) in [6.45, 7) is 4.72. The van der Waals surface area contributed by atoms with Crippen LogP contribution in [0.2, 0.25) is 0 Å². The molecule has 0 aromatic carbocycles. The average Bonchev–Trinajstić information content (AvgIpc) is 3.42. The fourth-order valence-corrected chi connectivity index (χ4v) is 8.25. The van der Waals surface area contributed by atoms with Crippen molar-refractivity contribution in [3.05, 3.63) is 0 Å². The number of ketones is 1. The molecule has 1 aromatic heterocycles. The normalized spacial score (nSPS) is 37.0. The van der Waals surface area contributed by atoms with Gasteiger partial charge in [-0.3, -0.25) is 9.36 Å². The Labute approximate surface area is 188 Å². The van der Waals surface area contributed by atoms with Gasteiger partial charge in [0.15, 0.2) is 5.16 Å². The van der Waals surface area contributed by atoms with E-state index in [0.29, 0.717) is 11.5 Å². The van der Waals surface area contributed by atoms with E-state index in [9.17, 15) is 4.79 Å². The molecule has 2 saturated heterocycles. The van der Waals surface area contributed by atoms with Crippen LogP contribution in [0.15, 0.2) is 5.16 Å². The lowest BCUT2D eigenvalue weighted by Gasteiger charge is -2.56. The Balaban J connectivity index is 1.18. The highest BCUT2D eigenvalue weighted by Crippen LogP contribution is 2.60. The van der Waals surface area contributed by atoms with Crippen LogP contribution in [-0.4, -0.2) is 65.3 Å². The van der Waals surface area contributed by atoms with Crippen LogP contribution in [-0.2, 0) is 20.8 Å². The molecule has 31 heavy (non-hydrogen) atoms. The minimum absolute atomic E-state index is 0.0335. The molecule has 0 amide bonds. The quantitative estimate of drug-likeness (QED) is 0.596. The van der Waals surface area contributed by atoms with Crippen molar-refractivity contribution in [3.8, 4) is 0 Å². The van der Waals surface area contributed by atoms with Gasteiger partial charge in [-0.05, 0) is 69.1 Å². The van der Waals surface area contributed by atoms with Gasteiger partial charge in [-0.1, -0.05) is 11.8 Å². The van der Waals surface area contributed by atoms with E-state index in [-0.39, 0.29) is 11.5 Å². The molecule has 6 fully saturated rings. The number of carbonyl (C=O) groups excluding carboxylic acids is 1.